The molecule has 0 unspecified atom stereocenters. The Kier molecular flexibility index (Phi) is 4.34. The van der Waals surface area contributed by atoms with Crippen molar-refractivity contribution in [1.82, 2.24) is 10.6 Å². The SMILES string of the molecule is CC1(C(=O)NCc2ccccc2[N+](=O)[O-])CCNCC1. The maximum absolute atomic E-state index is 12.3. The Balaban J connectivity index is 2.02. The van der Waals surface area contributed by atoms with Crippen molar-refractivity contribution >= 4 is 11.6 Å². The van der Waals surface area contributed by atoms with Gasteiger partial charge in [0.25, 0.3) is 5.69 Å². The summed E-state index contributed by atoms with van der Waals surface area (Å²) in [7, 11) is 0. The van der Waals surface area contributed by atoms with Gasteiger partial charge in [0.05, 0.1) is 4.92 Å². The van der Waals surface area contributed by atoms with Gasteiger partial charge in [0, 0.05) is 23.6 Å². The van der Waals surface area contributed by atoms with Crippen LogP contribution in [-0.2, 0) is 11.3 Å². The molecule has 1 aliphatic rings. The number of hydrogen-bond acceptors (Lipinski definition) is 4. The fourth-order valence-electron chi connectivity index (χ4n) is 2.43. The highest BCUT2D eigenvalue weighted by Crippen LogP contribution is 2.28. The van der Waals surface area contributed by atoms with Crippen molar-refractivity contribution in [2.24, 2.45) is 5.41 Å². The Hall–Kier alpha value is -1.95. The maximum Gasteiger partial charge on any atom is 0.274 e. The Morgan fingerprint density at radius 1 is 1.40 bits per heavy atom. The van der Waals surface area contributed by atoms with E-state index in [4.69, 9.17) is 0 Å². The van der Waals surface area contributed by atoms with Gasteiger partial charge in [0.15, 0.2) is 0 Å². The smallest absolute Gasteiger partial charge is 0.274 e. The fraction of sp³-hybridized carbons (Fsp3) is 0.500. The summed E-state index contributed by atoms with van der Waals surface area (Å²) in [6, 6.07) is 6.48. The number of hydrogen-bond donors (Lipinski definition) is 2. The lowest BCUT2D eigenvalue weighted by Crippen LogP contribution is -2.45. The number of amides is 1. The first-order valence-corrected chi connectivity index (χ1v) is 6.74. The molecule has 1 fully saturated rings. The summed E-state index contributed by atoms with van der Waals surface area (Å²) in [4.78, 5) is 22.8. The second kappa shape index (κ2) is 6.00. The van der Waals surface area contributed by atoms with Crippen molar-refractivity contribution in [2.45, 2.75) is 26.3 Å². The molecule has 1 aliphatic heterocycles. The van der Waals surface area contributed by atoms with E-state index in [1.165, 1.54) is 6.07 Å². The number of piperidine rings is 1. The third-order valence-corrected chi connectivity index (χ3v) is 3.88. The van der Waals surface area contributed by atoms with Gasteiger partial charge in [0.2, 0.25) is 5.91 Å². The summed E-state index contributed by atoms with van der Waals surface area (Å²) in [5.41, 5.74) is 0.195. The molecule has 1 aromatic carbocycles. The van der Waals surface area contributed by atoms with Crippen LogP contribution < -0.4 is 10.6 Å². The van der Waals surface area contributed by atoms with Crippen molar-refractivity contribution in [3.05, 3.63) is 39.9 Å². The van der Waals surface area contributed by atoms with Crippen LogP contribution in [0.25, 0.3) is 0 Å². The van der Waals surface area contributed by atoms with E-state index in [2.05, 4.69) is 10.6 Å². The predicted molar refractivity (Wildman–Crippen MR) is 75.2 cm³/mol. The van der Waals surface area contributed by atoms with Crippen molar-refractivity contribution in [3.8, 4) is 0 Å². The van der Waals surface area contributed by atoms with Gasteiger partial charge in [-0.3, -0.25) is 14.9 Å². The van der Waals surface area contributed by atoms with Crippen LogP contribution in [0.1, 0.15) is 25.3 Å². The molecule has 0 spiro atoms. The van der Waals surface area contributed by atoms with E-state index in [9.17, 15) is 14.9 Å². The number of nitro groups is 1. The highest BCUT2D eigenvalue weighted by Gasteiger charge is 2.34. The van der Waals surface area contributed by atoms with E-state index >= 15 is 0 Å². The fourth-order valence-corrected chi connectivity index (χ4v) is 2.43. The zero-order chi connectivity index (χ0) is 14.6. The summed E-state index contributed by atoms with van der Waals surface area (Å²) in [6.07, 6.45) is 1.57. The quantitative estimate of drug-likeness (QED) is 0.646. The van der Waals surface area contributed by atoms with E-state index in [0.717, 1.165) is 25.9 Å². The van der Waals surface area contributed by atoms with Crippen LogP contribution in [0.5, 0.6) is 0 Å². The summed E-state index contributed by atoms with van der Waals surface area (Å²) < 4.78 is 0. The van der Waals surface area contributed by atoms with Crippen molar-refractivity contribution in [1.29, 1.82) is 0 Å². The van der Waals surface area contributed by atoms with Crippen molar-refractivity contribution in [2.75, 3.05) is 13.1 Å². The molecule has 0 bridgehead atoms. The summed E-state index contributed by atoms with van der Waals surface area (Å²) in [6.45, 7) is 3.80. The number of rotatable bonds is 4. The van der Waals surface area contributed by atoms with Gasteiger partial charge in [-0.25, -0.2) is 0 Å². The average Bonchev–Trinajstić information content (AvgIpc) is 2.45. The topological polar surface area (TPSA) is 84.3 Å². The summed E-state index contributed by atoms with van der Waals surface area (Å²) in [5, 5.41) is 17.0. The van der Waals surface area contributed by atoms with Crippen LogP contribution in [0.4, 0.5) is 5.69 Å². The number of nitro benzene ring substituents is 1. The molecule has 0 aromatic heterocycles. The molecule has 0 saturated carbocycles. The molecular weight excluding hydrogens is 258 g/mol. The van der Waals surface area contributed by atoms with Gasteiger partial charge in [-0.15, -0.1) is 0 Å². The molecule has 0 atom stereocenters. The van der Waals surface area contributed by atoms with Crippen LogP contribution in [-0.4, -0.2) is 23.9 Å². The minimum Gasteiger partial charge on any atom is -0.351 e. The number of benzene rings is 1. The second-order valence-corrected chi connectivity index (χ2v) is 5.38. The summed E-state index contributed by atoms with van der Waals surface area (Å²) >= 11 is 0. The number of nitrogens with zero attached hydrogens (tertiary/aromatic N) is 1. The maximum atomic E-state index is 12.3. The van der Waals surface area contributed by atoms with Gasteiger partial charge < -0.3 is 10.6 Å². The lowest BCUT2D eigenvalue weighted by Gasteiger charge is -2.32. The highest BCUT2D eigenvalue weighted by atomic mass is 16.6. The molecule has 1 saturated heterocycles. The zero-order valence-corrected chi connectivity index (χ0v) is 11.5. The Morgan fingerprint density at radius 2 is 2.05 bits per heavy atom. The van der Waals surface area contributed by atoms with E-state index < -0.39 is 4.92 Å². The van der Waals surface area contributed by atoms with E-state index in [0.29, 0.717) is 5.56 Å². The second-order valence-electron chi connectivity index (χ2n) is 5.38. The third-order valence-electron chi connectivity index (χ3n) is 3.88. The van der Waals surface area contributed by atoms with E-state index in [-0.39, 0.29) is 23.6 Å². The molecule has 1 aromatic rings. The van der Waals surface area contributed by atoms with Gasteiger partial charge in [-0.1, -0.05) is 25.1 Å². The molecule has 1 heterocycles. The third kappa shape index (κ3) is 3.14. The molecule has 0 aliphatic carbocycles. The molecule has 20 heavy (non-hydrogen) atoms. The van der Waals surface area contributed by atoms with Crippen LogP contribution >= 0.6 is 0 Å². The zero-order valence-electron chi connectivity index (χ0n) is 11.5. The Labute approximate surface area is 117 Å². The largest absolute Gasteiger partial charge is 0.351 e. The lowest BCUT2D eigenvalue weighted by atomic mass is 9.80. The highest BCUT2D eigenvalue weighted by molar-refractivity contribution is 5.82. The molecule has 1 amide bonds. The van der Waals surface area contributed by atoms with Gasteiger partial charge in [-0.2, -0.15) is 0 Å². The first kappa shape index (κ1) is 14.5. The standard InChI is InChI=1S/C14H19N3O3/c1-14(6-8-15-9-7-14)13(18)16-10-11-4-2-3-5-12(11)17(19)20/h2-5,15H,6-10H2,1H3,(H,16,18). The average molecular weight is 277 g/mol. The minimum atomic E-state index is -0.423. The monoisotopic (exact) mass is 277 g/mol. The number of para-hydroxylation sites is 1. The van der Waals surface area contributed by atoms with E-state index in [1.54, 1.807) is 18.2 Å². The molecule has 2 rings (SSSR count). The van der Waals surface area contributed by atoms with Gasteiger partial charge in [0.1, 0.15) is 0 Å². The van der Waals surface area contributed by atoms with E-state index in [1.807, 2.05) is 6.92 Å². The van der Waals surface area contributed by atoms with Crippen molar-refractivity contribution < 1.29 is 9.72 Å². The minimum absolute atomic E-state index is 0.0304. The van der Waals surface area contributed by atoms with Gasteiger partial charge >= 0.3 is 0 Å². The normalized spacial score (nSPS) is 17.4. The molecule has 6 nitrogen and oxygen atoms in total. The van der Waals surface area contributed by atoms with Crippen LogP contribution in [0.15, 0.2) is 24.3 Å². The Bertz CT molecular complexity index is 510. The number of carbonyl (C=O) groups is 1. The molecular formula is C14H19N3O3. The van der Waals surface area contributed by atoms with Crippen LogP contribution in [0.3, 0.4) is 0 Å². The first-order valence-electron chi connectivity index (χ1n) is 6.74. The Morgan fingerprint density at radius 3 is 2.70 bits per heavy atom. The summed E-state index contributed by atoms with van der Waals surface area (Å²) in [5.74, 6) is -0.0304. The van der Waals surface area contributed by atoms with Crippen molar-refractivity contribution in [3.63, 3.8) is 0 Å². The lowest BCUT2D eigenvalue weighted by molar-refractivity contribution is -0.385. The van der Waals surface area contributed by atoms with Crippen LogP contribution in [0.2, 0.25) is 0 Å². The molecule has 6 heteroatoms. The van der Waals surface area contributed by atoms with Crippen LogP contribution in [0, 0.1) is 15.5 Å². The first-order chi connectivity index (χ1) is 9.53. The number of carbonyl (C=O) groups excluding carboxylic acids is 1. The molecule has 0 radical (unpaired) electrons. The van der Waals surface area contributed by atoms with Gasteiger partial charge in [-0.05, 0) is 25.9 Å². The molecule has 2 N–H and O–H groups in total. The predicted octanol–water partition coefficient (Wildman–Crippen LogP) is 1.60. The molecule has 108 valence electrons. The number of nitrogens with one attached hydrogen (secondary N) is 2.